The summed E-state index contributed by atoms with van der Waals surface area (Å²) in [5, 5.41) is 0. The molecule has 0 aromatic carbocycles. The lowest BCUT2D eigenvalue weighted by atomic mass is 9.98. The third-order valence-corrected chi connectivity index (χ3v) is 3.18. The minimum atomic E-state index is -0.0433. The molecule has 1 saturated heterocycles. The van der Waals surface area contributed by atoms with Crippen LogP contribution in [0.2, 0.25) is 0 Å². The summed E-state index contributed by atoms with van der Waals surface area (Å²) in [6.07, 6.45) is 2.34. The molecule has 94 valence electrons. The number of ether oxygens (including phenoxy) is 1. The standard InChI is InChI=1S/C12H24N2OS/c1-12(2,3)15-8-7-14-6-4-5-10(9-14)11(13)16/h10H,4-9H2,1-3H3,(H2,13,16). The Morgan fingerprint density at radius 1 is 1.50 bits per heavy atom. The predicted molar refractivity (Wildman–Crippen MR) is 71.7 cm³/mol. The molecule has 1 aliphatic rings. The number of hydrogen-bond acceptors (Lipinski definition) is 3. The molecule has 0 aromatic heterocycles. The molecule has 0 bridgehead atoms. The van der Waals surface area contributed by atoms with E-state index in [1.54, 1.807) is 0 Å². The van der Waals surface area contributed by atoms with Crippen molar-refractivity contribution in [2.75, 3.05) is 26.2 Å². The average Bonchev–Trinajstić information content (AvgIpc) is 2.16. The molecule has 3 nitrogen and oxygen atoms in total. The zero-order chi connectivity index (χ0) is 12.2. The highest BCUT2D eigenvalue weighted by Crippen LogP contribution is 2.16. The summed E-state index contributed by atoms with van der Waals surface area (Å²) in [6, 6.07) is 0. The van der Waals surface area contributed by atoms with E-state index in [9.17, 15) is 0 Å². The van der Waals surface area contributed by atoms with Crippen LogP contribution in [-0.2, 0) is 4.74 Å². The van der Waals surface area contributed by atoms with Crippen LogP contribution in [0, 0.1) is 5.92 Å². The quantitative estimate of drug-likeness (QED) is 0.765. The first-order valence-electron chi connectivity index (χ1n) is 6.04. The van der Waals surface area contributed by atoms with Gasteiger partial charge >= 0.3 is 0 Å². The van der Waals surface area contributed by atoms with Gasteiger partial charge in [0.2, 0.25) is 0 Å². The first-order valence-corrected chi connectivity index (χ1v) is 6.45. The van der Waals surface area contributed by atoms with Gasteiger partial charge in [-0.15, -0.1) is 0 Å². The van der Waals surface area contributed by atoms with E-state index in [1.807, 2.05) is 0 Å². The van der Waals surface area contributed by atoms with Crippen LogP contribution in [0.1, 0.15) is 33.6 Å². The second-order valence-corrected chi connectivity index (χ2v) is 5.97. The molecule has 1 fully saturated rings. The van der Waals surface area contributed by atoms with Gasteiger partial charge in [-0.2, -0.15) is 0 Å². The Kier molecular flexibility index (Phi) is 5.15. The van der Waals surface area contributed by atoms with Gasteiger partial charge in [-0.05, 0) is 40.2 Å². The molecule has 0 saturated carbocycles. The fourth-order valence-corrected chi connectivity index (χ4v) is 2.16. The molecule has 4 heteroatoms. The third-order valence-electron chi connectivity index (χ3n) is 2.85. The average molecular weight is 244 g/mol. The summed E-state index contributed by atoms with van der Waals surface area (Å²) in [5.74, 6) is 0.401. The molecule has 0 aliphatic carbocycles. The van der Waals surface area contributed by atoms with Gasteiger partial charge in [0, 0.05) is 19.0 Å². The Morgan fingerprint density at radius 2 is 2.19 bits per heavy atom. The van der Waals surface area contributed by atoms with Gasteiger partial charge in [0.25, 0.3) is 0 Å². The van der Waals surface area contributed by atoms with Gasteiger partial charge in [-0.25, -0.2) is 0 Å². The fourth-order valence-electron chi connectivity index (χ4n) is 1.97. The van der Waals surface area contributed by atoms with Gasteiger partial charge < -0.3 is 15.4 Å². The van der Waals surface area contributed by atoms with E-state index < -0.39 is 0 Å². The molecule has 0 amide bonds. The first-order chi connectivity index (χ1) is 7.38. The molecular weight excluding hydrogens is 220 g/mol. The molecule has 1 atom stereocenters. The van der Waals surface area contributed by atoms with Crippen LogP contribution in [0.3, 0.4) is 0 Å². The van der Waals surface area contributed by atoms with Crippen molar-refractivity contribution < 1.29 is 4.74 Å². The van der Waals surface area contributed by atoms with E-state index in [1.165, 1.54) is 6.42 Å². The molecular formula is C12H24N2OS. The number of thiocarbonyl (C=S) groups is 1. The van der Waals surface area contributed by atoms with Gasteiger partial charge in [0.15, 0.2) is 0 Å². The Labute approximate surface area is 104 Å². The van der Waals surface area contributed by atoms with Crippen molar-refractivity contribution in [3.63, 3.8) is 0 Å². The normalized spacial score (nSPS) is 23.3. The third kappa shape index (κ3) is 5.23. The van der Waals surface area contributed by atoms with E-state index in [0.29, 0.717) is 10.9 Å². The highest BCUT2D eigenvalue weighted by Gasteiger charge is 2.21. The van der Waals surface area contributed by atoms with Crippen molar-refractivity contribution in [2.24, 2.45) is 11.7 Å². The maximum atomic E-state index is 5.72. The summed E-state index contributed by atoms with van der Waals surface area (Å²) in [4.78, 5) is 3.07. The van der Waals surface area contributed by atoms with Crippen molar-refractivity contribution in [1.29, 1.82) is 0 Å². The minimum absolute atomic E-state index is 0.0433. The minimum Gasteiger partial charge on any atom is -0.393 e. The zero-order valence-corrected chi connectivity index (χ0v) is 11.5. The molecule has 0 aromatic rings. The zero-order valence-electron chi connectivity index (χ0n) is 10.7. The number of nitrogens with two attached hydrogens (primary N) is 1. The lowest BCUT2D eigenvalue weighted by molar-refractivity contribution is -0.0157. The molecule has 16 heavy (non-hydrogen) atoms. The van der Waals surface area contributed by atoms with E-state index in [0.717, 1.165) is 32.7 Å². The van der Waals surface area contributed by atoms with Crippen molar-refractivity contribution in [3.05, 3.63) is 0 Å². The van der Waals surface area contributed by atoms with Crippen LogP contribution in [0.4, 0.5) is 0 Å². The van der Waals surface area contributed by atoms with E-state index in [2.05, 4.69) is 25.7 Å². The van der Waals surface area contributed by atoms with E-state index in [4.69, 9.17) is 22.7 Å². The SMILES string of the molecule is CC(C)(C)OCCN1CCCC(C(N)=S)C1. The predicted octanol–water partition coefficient (Wildman–Crippen LogP) is 1.80. The van der Waals surface area contributed by atoms with Crippen molar-refractivity contribution in [3.8, 4) is 0 Å². The molecule has 0 radical (unpaired) electrons. The summed E-state index contributed by atoms with van der Waals surface area (Å²) in [7, 11) is 0. The maximum absolute atomic E-state index is 5.72. The second-order valence-electron chi connectivity index (χ2n) is 5.50. The number of rotatable bonds is 4. The molecule has 1 unspecified atom stereocenters. The van der Waals surface area contributed by atoms with Gasteiger partial charge in [-0.1, -0.05) is 12.2 Å². The van der Waals surface area contributed by atoms with Crippen LogP contribution >= 0.6 is 12.2 Å². The fraction of sp³-hybridized carbons (Fsp3) is 0.917. The highest BCUT2D eigenvalue weighted by atomic mass is 32.1. The number of hydrogen-bond donors (Lipinski definition) is 1. The molecule has 0 spiro atoms. The summed E-state index contributed by atoms with van der Waals surface area (Å²) in [5.41, 5.74) is 5.66. The summed E-state index contributed by atoms with van der Waals surface area (Å²) >= 11 is 5.06. The molecule has 1 rings (SSSR count). The van der Waals surface area contributed by atoms with Crippen LogP contribution in [-0.4, -0.2) is 41.7 Å². The smallest absolute Gasteiger partial charge is 0.0771 e. The Balaban J connectivity index is 2.24. The van der Waals surface area contributed by atoms with Crippen molar-refractivity contribution in [1.82, 2.24) is 4.90 Å². The largest absolute Gasteiger partial charge is 0.393 e. The first kappa shape index (κ1) is 13.9. The van der Waals surface area contributed by atoms with Crippen LogP contribution in [0.15, 0.2) is 0 Å². The number of likely N-dealkylation sites (tertiary alicyclic amines) is 1. The second kappa shape index (κ2) is 5.94. The Bertz CT molecular complexity index is 238. The lowest BCUT2D eigenvalue weighted by Gasteiger charge is -2.32. The highest BCUT2D eigenvalue weighted by molar-refractivity contribution is 7.80. The van der Waals surface area contributed by atoms with Crippen LogP contribution < -0.4 is 5.73 Å². The topological polar surface area (TPSA) is 38.5 Å². The van der Waals surface area contributed by atoms with E-state index in [-0.39, 0.29) is 5.60 Å². The van der Waals surface area contributed by atoms with Crippen molar-refractivity contribution in [2.45, 2.75) is 39.2 Å². The number of nitrogens with zero attached hydrogens (tertiary/aromatic N) is 1. The molecule has 2 N–H and O–H groups in total. The lowest BCUT2D eigenvalue weighted by Crippen LogP contribution is -2.42. The molecule has 1 heterocycles. The molecule has 1 aliphatic heterocycles. The van der Waals surface area contributed by atoms with Crippen LogP contribution in [0.5, 0.6) is 0 Å². The maximum Gasteiger partial charge on any atom is 0.0771 e. The Morgan fingerprint density at radius 3 is 2.75 bits per heavy atom. The number of piperidine rings is 1. The summed E-state index contributed by atoms with van der Waals surface area (Å²) < 4.78 is 5.72. The summed E-state index contributed by atoms with van der Waals surface area (Å²) in [6.45, 7) is 10.2. The van der Waals surface area contributed by atoms with Crippen molar-refractivity contribution >= 4 is 17.2 Å². The van der Waals surface area contributed by atoms with Gasteiger partial charge in [0.1, 0.15) is 0 Å². The Hall–Kier alpha value is -0.190. The van der Waals surface area contributed by atoms with Gasteiger partial charge in [0.05, 0.1) is 17.2 Å². The van der Waals surface area contributed by atoms with Crippen LogP contribution in [0.25, 0.3) is 0 Å². The van der Waals surface area contributed by atoms with E-state index >= 15 is 0 Å². The van der Waals surface area contributed by atoms with Gasteiger partial charge in [-0.3, -0.25) is 0 Å². The monoisotopic (exact) mass is 244 g/mol.